The normalized spacial score (nSPS) is 16.6. The van der Waals surface area contributed by atoms with Crippen molar-refractivity contribution in [1.82, 2.24) is 4.90 Å². The highest BCUT2D eigenvalue weighted by molar-refractivity contribution is 6.46. The van der Waals surface area contributed by atoms with Crippen LogP contribution >= 0.6 is 0 Å². The minimum Gasteiger partial charge on any atom is -0.507 e. The van der Waals surface area contributed by atoms with Crippen molar-refractivity contribution >= 4 is 17.4 Å². The summed E-state index contributed by atoms with van der Waals surface area (Å²) in [7, 11) is 1.52. The van der Waals surface area contributed by atoms with Crippen LogP contribution in [0.3, 0.4) is 0 Å². The molecule has 1 saturated heterocycles. The maximum atomic E-state index is 13.3. The van der Waals surface area contributed by atoms with Gasteiger partial charge in [0.25, 0.3) is 11.7 Å². The smallest absolute Gasteiger partial charge is 0.295 e. The molecule has 1 amide bonds. The number of likely N-dealkylation sites (tertiary alicyclic amines) is 1. The van der Waals surface area contributed by atoms with Gasteiger partial charge in [-0.05, 0) is 72.0 Å². The van der Waals surface area contributed by atoms with Crippen molar-refractivity contribution in [2.24, 2.45) is 0 Å². The van der Waals surface area contributed by atoms with Crippen LogP contribution in [0.15, 0.2) is 72.3 Å². The number of aliphatic hydroxyl groups excluding tert-OH is 1. The number of nitrogens with zero attached hydrogens (tertiary/aromatic N) is 1. The maximum absolute atomic E-state index is 13.3. The second-order valence-corrected chi connectivity index (χ2v) is 9.81. The van der Waals surface area contributed by atoms with E-state index in [-0.39, 0.29) is 42.8 Å². The van der Waals surface area contributed by atoms with Crippen LogP contribution in [-0.4, -0.2) is 48.6 Å². The fourth-order valence-electron chi connectivity index (χ4n) is 4.73. The number of hydrogen-bond donors (Lipinski definition) is 1. The zero-order chi connectivity index (χ0) is 28.8. The van der Waals surface area contributed by atoms with E-state index in [1.54, 1.807) is 54.6 Å². The summed E-state index contributed by atoms with van der Waals surface area (Å²) in [6, 6.07) is 17.5. The number of carbonyl (C=O) groups is 2. The molecule has 40 heavy (non-hydrogen) atoms. The Kier molecular flexibility index (Phi) is 9.22. The fourth-order valence-corrected chi connectivity index (χ4v) is 4.73. The lowest BCUT2D eigenvalue weighted by atomic mass is 9.93. The summed E-state index contributed by atoms with van der Waals surface area (Å²) in [5, 5.41) is 11.5. The van der Waals surface area contributed by atoms with E-state index in [1.807, 2.05) is 20.8 Å². The molecule has 7 nitrogen and oxygen atoms in total. The van der Waals surface area contributed by atoms with E-state index >= 15 is 0 Å². The summed E-state index contributed by atoms with van der Waals surface area (Å²) >= 11 is 0. The van der Waals surface area contributed by atoms with Gasteiger partial charge in [0.15, 0.2) is 0 Å². The number of carbonyl (C=O) groups excluding carboxylic acids is 2. The van der Waals surface area contributed by atoms with Crippen LogP contribution in [0.1, 0.15) is 55.0 Å². The van der Waals surface area contributed by atoms with Crippen LogP contribution in [0.25, 0.3) is 5.76 Å². The number of halogens is 1. The first-order valence-corrected chi connectivity index (χ1v) is 13.3. The summed E-state index contributed by atoms with van der Waals surface area (Å²) < 4.78 is 29.9. The Morgan fingerprint density at radius 2 is 1.70 bits per heavy atom. The standard InChI is InChI=1S/C32H34FNO6/c1-5-39-27-15-10-23(18-26(27)20(2)3)30(35)28-29(34(16-17-38-4)32(37)31(28)36)22-8-13-25(14-9-22)40-19-21-6-11-24(33)12-7-21/h6-15,18,20,29,35H,5,16-17,19H2,1-4H3/b30-28-. The molecule has 0 radical (unpaired) electrons. The molecule has 0 aliphatic carbocycles. The van der Waals surface area contributed by atoms with E-state index in [0.29, 0.717) is 29.2 Å². The van der Waals surface area contributed by atoms with Gasteiger partial charge in [0.2, 0.25) is 0 Å². The Morgan fingerprint density at radius 3 is 2.33 bits per heavy atom. The first-order chi connectivity index (χ1) is 19.2. The van der Waals surface area contributed by atoms with Crippen LogP contribution in [0.5, 0.6) is 11.5 Å². The molecular weight excluding hydrogens is 513 g/mol. The number of methoxy groups -OCH3 is 1. The lowest BCUT2D eigenvalue weighted by molar-refractivity contribution is -0.140. The van der Waals surface area contributed by atoms with Gasteiger partial charge in [-0.15, -0.1) is 0 Å². The zero-order valence-corrected chi connectivity index (χ0v) is 23.1. The minimum absolute atomic E-state index is 0.0138. The molecule has 0 saturated carbocycles. The highest BCUT2D eigenvalue weighted by atomic mass is 19.1. The van der Waals surface area contributed by atoms with E-state index in [1.165, 1.54) is 24.1 Å². The predicted molar refractivity (Wildman–Crippen MR) is 150 cm³/mol. The van der Waals surface area contributed by atoms with Gasteiger partial charge in [-0.25, -0.2) is 4.39 Å². The second-order valence-electron chi connectivity index (χ2n) is 9.81. The number of benzene rings is 3. The van der Waals surface area contributed by atoms with Crippen LogP contribution in [0.2, 0.25) is 0 Å². The molecule has 3 aromatic rings. The predicted octanol–water partition coefficient (Wildman–Crippen LogP) is 5.99. The van der Waals surface area contributed by atoms with Gasteiger partial charge >= 0.3 is 0 Å². The van der Waals surface area contributed by atoms with Crippen molar-refractivity contribution in [3.05, 3.63) is 100 Å². The Hall–Kier alpha value is -4.17. The minimum atomic E-state index is -0.810. The monoisotopic (exact) mass is 547 g/mol. The average molecular weight is 548 g/mol. The van der Waals surface area contributed by atoms with E-state index in [4.69, 9.17) is 14.2 Å². The van der Waals surface area contributed by atoms with E-state index in [2.05, 4.69) is 0 Å². The fraction of sp³-hybridized carbons (Fsp3) is 0.312. The summed E-state index contributed by atoms with van der Waals surface area (Å²) in [5.74, 6) is -0.631. The van der Waals surface area contributed by atoms with Crippen LogP contribution in [0.4, 0.5) is 4.39 Å². The number of Topliss-reactive ketones (excluding diaryl/α,β-unsaturated/α-hetero) is 1. The molecule has 1 heterocycles. The number of rotatable bonds is 11. The third kappa shape index (κ3) is 6.18. The highest BCUT2D eigenvalue weighted by Crippen LogP contribution is 2.40. The molecule has 3 aromatic carbocycles. The number of amides is 1. The van der Waals surface area contributed by atoms with Crippen LogP contribution in [0, 0.1) is 5.82 Å². The van der Waals surface area contributed by atoms with Crippen molar-refractivity contribution in [2.45, 2.75) is 39.3 Å². The number of aliphatic hydroxyl groups is 1. The van der Waals surface area contributed by atoms with Crippen molar-refractivity contribution in [1.29, 1.82) is 0 Å². The molecule has 1 N–H and O–H groups in total. The van der Waals surface area contributed by atoms with Gasteiger partial charge in [0.05, 0.1) is 24.8 Å². The van der Waals surface area contributed by atoms with Crippen molar-refractivity contribution in [2.75, 3.05) is 26.9 Å². The Labute approximate surface area is 233 Å². The van der Waals surface area contributed by atoms with Gasteiger partial charge in [0, 0.05) is 19.2 Å². The molecule has 1 unspecified atom stereocenters. The molecule has 0 aromatic heterocycles. The Balaban J connectivity index is 1.70. The third-order valence-electron chi connectivity index (χ3n) is 6.80. The first-order valence-electron chi connectivity index (χ1n) is 13.3. The van der Waals surface area contributed by atoms with Crippen molar-refractivity contribution in [3.8, 4) is 11.5 Å². The molecule has 1 fully saturated rings. The summed E-state index contributed by atoms with van der Waals surface area (Å²) in [5.41, 5.74) is 2.79. The first kappa shape index (κ1) is 28.8. The van der Waals surface area contributed by atoms with Crippen LogP contribution in [-0.2, 0) is 20.9 Å². The lowest BCUT2D eigenvalue weighted by Crippen LogP contribution is -2.32. The SMILES string of the molecule is CCOc1ccc(/C(O)=C2/C(=O)C(=O)N(CCOC)C2c2ccc(OCc3ccc(F)cc3)cc2)cc1C(C)C. The molecular formula is C32H34FNO6. The Morgan fingerprint density at radius 1 is 1.00 bits per heavy atom. The quantitative estimate of drug-likeness (QED) is 0.180. The van der Waals surface area contributed by atoms with Crippen molar-refractivity contribution in [3.63, 3.8) is 0 Å². The largest absolute Gasteiger partial charge is 0.507 e. The molecule has 1 atom stereocenters. The highest BCUT2D eigenvalue weighted by Gasteiger charge is 2.46. The number of ketones is 1. The third-order valence-corrected chi connectivity index (χ3v) is 6.80. The van der Waals surface area contributed by atoms with Crippen molar-refractivity contribution < 1.29 is 33.3 Å². The van der Waals surface area contributed by atoms with Gasteiger partial charge < -0.3 is 24.2 Å². The van der Waals surface area contributed by atoms with Gasteiger partial charge in [-0.2, -0.15) is 0 Å². The van der Waals surface area contributed by atoms with E-state index in [0.717, 1.165) is 11.1 Å². The van der Waals surface area contributed by atoms with Gasteiger partial charge in [-0.1, -0.05) is 38.1 Å². The molecule has 0 spiro atoms. The van der Waals surface area contributed by atoms with E-state index < -0.39 is 17.7 Å². The second kappa shape index (κ2) is 12.8. The molecule has 1 aliphatic rings. The molecule has 1 aliphatic heterocycles. The zero-order valence-electron chi connectivity index (χ0n) is 23.1. The topological polar surface area (TPSA) is 85.3 Å². The summed E-state index contributed by atoms with van der Waals surface area (Å²) in [6.07, 6.45) is 0. The number of hydrogen-bond acceptors (Lipinski definition) is 6. The Bertz CT molecular complexity index is 1380. The summed E-state index contributed by atoms with van der Waals surface area (Å²) in [4.78, 5) is 27.8. The molecule has 4 rings (SSSR count). The maximum Gasteiger partial charge on any atom is 0.295 e. The lowest BCUT2D eigenvalue weighted by Gasteiger charge is -2.25. The number of ether oxygens (including phenoxy) is 3. The van der Waals surface area contributed by atoms with Crippen LogP contribution < -0.4 is 9.47 Å². The average Bonchev–Trinajstić information content (AvgIpc) is 3.21. The van der Waals surface area contributed by atoms with E-state index in [9.17, 15) is 19.1 Å². The molecule has 0 bridgehead atoms. The van der Waals surface area contributed by atoms with Gasteiger partial charge in [-0.3, -0.25) is 9.59 Å². The van der Waals surface area contributed by atoms with Gasteiger partial charge in [0.1, 0.15) is 29.7 Å². The molecule has 8 heteroatoms. The molecule has 210 valence electrons. The summed E-state index contributed by atoms with van der Waals surface area (Å²) in [6.45, 7) is 7.09.